The molecule has 2 aliphatic rings. The Morgan fingerprint density at radius 2 is 1.87 bits per heavy atom. The van der Waals surface area contributed by atoms with Gasteiger partial charge in [-0.1, -0.05) is 13.0 Å². The zero-order chi connectivity index (χ0) is 22.4. The molecule has 0 aromatic heterocycles. The van der Waals surface area contributed by atoms with Crippen molar-refractivity contribution in [1.82, 2.24) is 20.4 Å². The summed E-state index contributed by atoms with van der Waals surface area (Å²) in [4.78, 5) is 9.95. The number of likely N-dealkylation sites (tertiary alicyclic amines) is 1. The standard InChI is InChI=1S/C21H32F4N6/c1-3-29-8-10-31(11-9-29)19-5-4-16(12-18(19)22)13-27-20(26-2)28-17-6-7-30(14-17)15-21(23,24)25/h4-5,12,17H,3,6-11,13-15H2,1-2H3,(H2,26,27,28). The third-order valence-electron chi connectivity index (χ3n) is 5.87. The van der Waals surface area contributed by atoms with Crippen molar-refractivity contribution in [2.75, 3.05) is 64.3 Å². The summed E-state index contributed by atoms with van der Waals surface area (Å²) in [5.74, 6) is 0.254. The van der Waals surface area contributed by atoms with Gasteiger partial charge in [-0.3, -0.25) is 9.89 Å². The van der Waals surface area contributed by atoms with Crippen LogP contribution in [0.15, 0.2) is 23.2 Å². The molecule has 0 spiro atoms. The van der Waals surface area contributed by atoms with Crippen LogP contribution in [0.2, 0.25) is 0 Å². The van der Waals surface area contributed by atoms with E-state index in [0.717, 1.165) is 38.3 Å². The number of rotatable bonds is 6. The Labute approximate surface area is 181 Å². The maximum Gasteiger partial charge on any atom is 0.401 e. The number of nitrogens with zero attached hydrogens (tertiary/aromatic N) is 4. The Kier molecular flexibility index (Phi) is 7.99. The molecular weight excluding hydrogens is 412 g/mol. The lowest BCUT2D eigenvalue weighted by Crippen LogP contribution is -2.46. The molecule has 2 fully saturated rings. The van der Waals surface area contributed by atoms with E-state index in [4.69, 9.17) is 0 Å². The number of alkyl halides is 3. The number of hydrogen-bond donors (Lipinski definition) is 2. The van der Waals surface area contributed by atoms with Gasteiger partial charge in [-0.25, -0.2) is 4.39 Å². The van der Waals surface area contributed by atoms with Crippen LogP contribution in [-0.2, 0) is 6.54 Å². The third kappa shape index (κ3) is 6.96. The first-order valence-corrected chi connectivity index (χ1v) is 10.8. The molecule has 10 heteroatoms. The van der Waals surface area contributed by atoms with E-state index in [-0.39, 0.29) is 11.9 Å². The molecule has 0 radical (unpaired) electrons. The third-order valence-corrected chi connectivity index (χ3v) is 5.87. The Morgan fingerprint density at radius 3 is 2.48 bits per heavy atom. The fraction of sp³-hybridized carbons (Fsp3) is 0.667. The van der Waals surface area contributed by atoms with Crippen LogP contribution in [-0.4, -0.2) is 87.4 Å². The molecule has 0 saturated carbocycles. The fourth-order valence-electron chi connectivity index (χ4n) is 4.14. The highest BCUT2D eigenvalue weighted by molar-refractivity contribution is 5.80. The van der Waals surface area contributed by atoms with Crippen LogP contribution < -0.4 is 15.5 Å². The second-order valence-electron chi connectivity index (χ2n) is 8.11. The predicted octanol–water partition coefficient (Wildman–Crippen LogP) is 2.27. The lowest BCUT2D eigenvalue weighted by molar-refractivity contribution is -0.143. The van der Waals surface area contributed by atoms with E-state index in [1.165, 1.54) is 11.0 Å². The highest BCUT2D eigenvalue weighted by atomic mass is 19.4. The Balaban J connectivity index is 1.48. The molecule has 1 aromatic rings. The van der Waals surface area contributed by atoms with E-state index < -0.39 is 12.7 Å². The lowest BCUT2D eigenvalue weighted by Gasteiger charge is -2.35. The van der Waals surface area contributed by atoms with Gasteiger partial charge in [-0.05, 0) is 30.7 Å². The molecule has 2 saturated heterocycles. The van der Waals surface area contributed by atoms with Crippen molar-refractivity contribution in [2.24, 2.45) is 4.99 Å². The molecule has 2 heterocycles. The molecule has 1 unspecified atom stereocenters. The smallest absolute Gasteiger partial charge is 0.367 e. The minimum Gasteiger partial charge on any atom is -0.367 e. The summed E-state index contributed by atoms with van der Waals surface area (Å²) in [6.07, 6.45) is -3.57. The van der Waals surface area contributed by atoms with E-state index >= 15 is 0 Å². The van der Waals surface area contributed by atoms with Gasteiger partial charge in [0.25, 0.3) is 0 Å². The number of nitrogens with one attached hydrogen (secondary N) is 2. The zero-order valence-corrected chi connectivity index (χ0v) is 18.2. The Morgan fingerprint density at radius 1 is 1.13 bits per heavy atom. The Hall–Kier alpha value is -2.07. The van der Waals surface area contributed by atoms with Crippen molar-refractivity contribution in [3.8, 4) is 0 Å². The van der Waals surface area contributed by atoms with Crippen LogP contribution in [0, 0.1) is 5.82 Å². The lowest BCUT2D eigenvalue weighted by atomic mass is 10.1. The van der Waals surface area contributed by atoms with Crippen LogP contribution in [0.1, 0.15) is 18.9 Å². The quantitative estimate of drug-likeness (QED) is 0.401. The van der Waals surface area contributed by atoms with Crippen molar-refractivity contribution in [3.63, 3.8) is 0 Å². The van der Waals surface area contributed by atoms with Gasteiger partial charge in [0.15, 0.2) is 5.96 Å². The van der Waals surface area contributed by atoms with Crippen LogP contribution in [0.3, 0.4) is 0 Å². The summed E-state index contributed by atoms with van der Waals surface area (Å²) in [6.45, 7) is 6.82. The van der Waals surface area contributed by atoms with Gasteiger partial charge in [0.1, 0.15) is 5.82 Å². The average Bonchev–Trinajstić information content (AvgIpc) is 3.16. The second kappa shape index (κ2) is 10.5. The molecule has 2 N–H and O–H groups in total. The summed E-state index contributed by atoms with van der Waals surface area (Å²) in [5.41, 5.74) is 1.40. The monoisotopic (exact) mass is 444 g/mol. The van der Waals surface area contributed by atoms with E-state index in [0.29, 0.717) is 37.7 Å². The normalized spacial score (nSPS) is 21.5. The summed E-state index contributed by atoms with van der Waals surface area (Å²) in [5, 5.41) is 6.29. The number of benzene rings is 1. The van der Waals surface area contributed by atoms with Gasteiger partial charge in [-0.15, -0.1) is 0 Å². The fourth-order valence-corrected chi connectivity index (χ4v) is 4.14. The zero-order valence-electron chi connectivity index (χ0n) is 18.2. The average molecular weight is 445 g/mol. The molecule has 1 atom stereocenters. The maximum atomic E-state index is 14.7. The molecule has 1 aromatic carbocycles. The number of piperazine rings is 1. The largest absolute Gasteiger partial charge is 0.401 e. The van der Waals surface area contributed by atoms with Crippen molar-refractivity contribution in [1.29, 1.82) is 0 Å². The van der Waals surface area contributed by atoms with Crippen LogP contribution in [0.5, 0.6) is 0 Å². The molecule has 6 nitrogen and oxygen atoms in total. The second-order valence-corrected chi connectivity index (χ2v) is 8.11. The molecular formula is C21H32F4N6. The minimum atomic E-state index is -4.19. The van der Waals surface area contributed by atoms with E-state index in [1.54, 1.807) is 7.05 Å². The van der Waals surface area contributed by atoms with Crippen LogP contribution in [0.4, 0.5) is 23.2 Å². The van der Waals surface area contributed by atoms with Crippen molar-refractivity contribution in [3.05, 3.63) is 29.6 Å². The number of guanidine groups is 1. The van der Waals surface area contributed by atoms with Crippen LogP contribution >= 0.6 is 0 Å². The van der Waals surface area contributed by atoms with Gasteiger partial charge in [0, 0.05) is 58.9 Å². The number of likely N-dealkylation sites (N-methyl/N-ethyl adjacent to an activating group) is 1. The number of halogens is 4. The van der Waals surface area contributed by atoms with Gasteiger partial charge in [0.2, 0.25) is 0 Å². The van der Waals surface area contributed by atoms with Gasteiger partial charge >= 0.3 is 6.18 Å². The first kappa shape index (κ1) is 23.6. The summed E-state index contributed by atoms with van der Waals surface area (Å²) >= 11 is 0. The number of aliphatic imine (C=N–C) groups is 1. The van der Waals surface area contributed by atoms with E-state index in [9.17, 15) is 17.6 Å². The highest BCUT2D eigenvalue weighted by Gasteiger charge is 2.34. The van der Waals surface area contributed by atoms with Crippen molar-refractivity contribution >= 4 is 11.6 Å². The topological polar surface area (TPSA) is 46.1 Å². The summed E-state index contributed by atoms with van der Waals surface area (Å²) in [7, 11) is 1.61. The SMILES string of the molecule is CCN1CCN(c2ccc(CNC(=NC)NC3CCN(CC(F)(F)F)C3)cc2F)CC1. The first-order valence-electron chi connectivity index (χ1n) is 10.8. The highest BCUT2D eigenvalue weighted by Crippen LogP contribution is 2.22. The van der Waals surface area contributed by atoms with Gasteiger partial charge in [0.05, 0.1) is 12.2 Å². The van der Waals surface area contributed by atoms with Gasteiger partial charge < -0.3 is 20.4 Å². The van der Waals surface area contributed by atoms with Crippen molar-refractivity contribution < 1.29 is 17.6 Å². The Bertz CT molecular complexity index is 746. The maximum absolute atomic E-state index is 14.7. The van der Waals surface area contributed by atoms with E-state index in [2.05, 4.69) is 32.3 Å². The number of hydrogen-bond acceptors (Lipinski definition) is 4. The number of anilines is 1. The van der Waals surface area contributed by atoms with E-state index in [1.807, 2.05) is 12.1 Å². The molecule has 31 heavy (non-hydrogen) atoms. The van der Waals surface area contributed by atoms with Gasteiger partial charge in [-0.2, -0.15) is 13.2 Å². The summed E-state index contributed by atoms with van der Waals surface area (Å²) < 4.78 is 52.4. The molecule has 0 amide bonds. The predicted molar refractivity (Wildman–Crippen MR) is 115 cm³/mol. The molecule has 2 aliphatic heterocycles. The minimum absolute atomic E-state index is 0.102. The summed E-state index contributed by atoms with van der Waals surface area (Å²) in [6, 6.07) is 5.14. The first-order chi connectivity index (χ1) is 14.8. The molecule has 0 bridgehead atoms. The van der Waals surface area contributed by atoms with Crippen molar-refractivity contribution in [2.45, 2.75) is 32.1 Å². The molecule has 3 rings (SSSR count). The molecule has 174 valence electrons. The molecule has 0 aliphatic carbocycles. The van der Waals surface area contributed by atoms with Crippen LogP contribution in [0.25, 0.3) is 0 Å².